The van der Waals surface area contributed by atoms with Gasteiger partial charge in [-0.2, -0.15) is 0 Å². The maximum Gasteiger partial charge on any atom is 0.277 e. The number of hydrogen-bond acceptors (Lipinski definition) is 7. The van der Waals surface area contributed by atoms with E-state index in [-0.39, 0.29) is 21.8 Å². The predicted octanol–water partition coefficient (Wildman–Crippen LogP) is 2.60. The number of nitrogens with zero attached hydrogens (tertiary/aromatic N) is 2. The first kappa shape index (κ1) is 19.2. The van der Waals surface area contributed by atoms with E-state index in [4.69, 9.17) is 9.56 Å². The van der Waals surface area contributed by atoms with Gasteiger partial charge in [0.15, 0.2) is 0 Å². The molecule has 4 N–H and O–H groups in total. The number of nitrogens with one attached hydrogen (secondary N) is 2. The number of carbonyl (C=O) groups is 1. The Morgan fingerprint density at radius 3 is 2.83 bits per heavy atom. The van der Waals surface area contributed by atoms with Crippen LogP contribution in [0.15, 0.2) is 69.3 Å². The van der Waals surface area contributed by atoms with Crippen LogP contribution in [0.25, 0.3) is 22.4 Å². The molecule has 0 aliphatic heterocycles. The first-order chi connectivity index (χ1) is 13.9. The summed E-state index contributed by atoms with van der Waals surface area (Å²) in [5.74, 6) is 0.00870. The molecule has 0 saturated carbocycles. The summed E-state index contributed by atoms with van der Waals surface area (Å²) < 4.78 is 28.4. The lowest BCUT2D eigenvalue weighted by molar-refractivity contribution is -0.113. The molecule has 0 radical (unpaired) electrons. The largest absolute Gasteiger partial charge is 0.411 e. The predicted molar refractivity (Wildman–Crippen MR) is 109 cm³/mol. The van der Waals surface area contributed by atoms with Crippen molar-refractivity contribution in [3.8, 4) is 11.5 Å². The topological polar surface area (TPSA) is 144 Å². The molecule has 29 heavy (non-hydrogen) atoms. The van der Waals surface area contributed by atoms with Gasteiger partial charge in [0.1, 0.15) is 0 Å². The van der Waals surface area contributed by atoms with E-state index in [2.05, 4.69) is 20.5 Å². The fourth-order valence-electron chi connectivity index (χ4n) is 2.70. The lowest BCUT2D eigenvalue weighted by Crippen LogP contribution is -2.16. The van der Waals surface area contributed by atoms with E-state index in [1.165, 1.54) is 18.2 Å². The number of H-pyrrole nitrogens is 1. The SMILES string of the molecule is NS(=O)(=O)c1cccc(NC(=O)CSc2nnc(-c3c[nH]c4ccccc34)o2)c1. The zero-order valence-corrected chi connectivity index (χ0v) is 16.5. The fourth-order valence-corrected chi connectivity index (χ4v) is 3.82. The first-order valence-corrected chi connectivity index (χ1v) is 10.9. The second-order valence-electron chi connectivity index (χ2n) is 6.03. The van der Waals surface area contributed by atoms with Crippen LogP contribution in [-0.2, 0) is 14.8 Å². The van der Waals surface area contributed by atoms with Crippen molar-refractivity contribution in [3.63, 3.8) is 0 Å². The molecule has 0 aliphatic carbocycles. The number of sulfonamides is 1. The third kappa shape index (κ3) is 4.31. The maximum atomic E-state index is 12.1. The smallest absolute Gasteiger partial charge is 0.277 e. The molecular weight excluding hydrogens is 414 g/mol. The minimum atomic E-state index is -3.84. The zero-order chi connectivity index (χ0) is 20.4. The summed E-state index contributed by atoms with van der Waals surface area (Å²) in [7, 11) is -3.84. The molecule has 4 aromatic rings. The van der Waals surface area contributed by atoms with E-state index < -0.39 is 10.0 Å². The van der Waals surface area contributed by atoms with Gasteiger partial charge in [0, 0.05) is 22.8 Å². The second kappa shape index (κ2) is 7.70. The number of aromatic amines is 1. The molecule has 0 saturated heterocycles. The molecule has 1 amide bonds. The van der Waals surface area contributed by atoms with Crippen molar-refractivity contribution in [1.82, 2.24) is 15.2 Å². The molecule has 2 heterocycles. The van der Waals surface area contributed by atoms with Crippen molar-refractivity contribution in [2.24, 2.45) is 5.14 Å². The van der Waals surface area contributed by atoms with Gasteiger partial charge in [0.2, 0.25) is 15.9 Å². The highest BCUT2D eigenvalue weighted by atomic mass is 32.2. The van der Waals surface area contributed by atoms with Gasteiger partial charge in [-0.3, -0.25) is 4.79 Å². The minimum Gasteiger partial charge on any atom is -0.411 e. The number of para-hydroxylation sites is 1. The van der Waals surface area contributed by atoms with Crippen molar-refractivity contribution in [3.05, 3.63) is 54.7 Å². The summed E-state index contributed by atoms with van der Waals surface area (Å²) >= 11 is 1.08. The molecule has 0 unspecified atom stereocenters. The Balaban J connectivity index is 1.41. The van der Waals surface area contributed by atoms with Gasteiger partial charge in [-0.1, -0.05) is 36.0 Å². The highest BCUT2D eigenvalue weighted by Gasteiger charge is 2.15. The van der Waals surface area contributed by atoms with Crippen molar-refractivity contribution < 1.29 is 17.6 Å². The molecular formula is C18H15N5O4S2. The minimum absolute atomic E-state index is 0.00905. The molecule has 0 bridgehead atoms. The number of amides is 1. The Hall–Kier alpha value is -3.15. The van der Waals surface area contributed by atoms with Gasteiger partial charge < -0.3 is 14.7 Å². The Morgan fingerprint density at radius 2 is 2.00 bits per heavy atom. The molecule has 0 aliphatic rings. The lowest BCUT2D eigenvalue weighted by Gasteiger charge is -2.05. The summed E-state index contributed by atoms with van der Waals surface area (Å²) in [5.41, 5.74) is 2.06. The zero-order valence-electron chi connectivity index (χ0n) is 14.8. The monoisotopic (exact) mass is 429 g/mol. The third-order valence-corrected chi connectivity index (χ3v) is 5.73. The van der Waals surface area contributed by atoms with Crippen molar-refractivity contribution in [2.45, 2.75) is 10.1 Å². The van der Waals surface area contributed by atoms with E-state index >= 15 is 0 Å². The summed E-state index contributed by atoms with van der Waals surface area (Å²) in [6.45, 7) is 0. The van der Waals surface area contributed by atoms with E-state index in [0.29, 0.717) is 11.6 Å². The van der Waals surface area contributed by atoms with E-state index in [0.717, 1.165) is 28.2 Å². The van der Waals surface area contributed by atoms with Crippen LogP contribution in [-0.4, -0.2) is 35.3 Å². The fraction of sp³-hybridized carbons (Fsp3) is 0.0556. The number of benzene rings is 2. The average molecular weight is 429 g/mol. The van der Waals surface area contributed by atoms with E-state index in [1.807, 2.05) is 24.3 Å². The van der Waals surface area contributed by atoms with Crippen LogP contribution in [0.2, 0.25) is 0 Å². The van der Waals surface area contributed by atoms with Gasteiger partial charge in [-0.15, -0.1) is 10.2 Å². The van der Waals surface area contributed by atoms with Crippen LogP contribution in [0.5, 0.6) is 0 Å². The number of fused-ring (bicyclic) bond motifs is 1. The third-order valence-electron chi connectivity index (χ3n) is 4.00. The Labute approximate surface area is 169 Å². The summed E-state index contributed by atoms with van der Waals surface area (Å²) in [5, 5.41) is 16.9. The van der Waals surface area contributed by atoms with Crippen LogP contribution in [0, 0.1) is 0 Å². The number of primary sulfonamides is 1. The molecule has 9 nitrogen and oxygen atoms in total. The molecule has 4 rings (SSSR count). The van der Waals surface area contributed by atoms with Crippen molar-refractivity contribution in [1.29, 1.82) is 0 Å². The van der Waals surface area contributed by atoms with Crippen LogP contribution >= 0.6 is 11.8 Å². The Morgan fingerprint density at radius 1 is 1.17 bits per heavy atom. The number of thioether (sulfide) groups is 1. The molecule has 0 fully saturated rings. The average Bonchev–Trinajstić information content (AvgIpc) is 3.32. The van der Waals surface area contributed by atoms with E-state index in [1.54, 1.807) is 12.3 Å². The highest BCUT2D eigenvalue weighted by molar-refractivity contribution is 7.99. The van der Waals surface area contributed by atoms with Crippen molar-refractivity contribution in [2.75, 3.05) is 11.1 Å². The first-order valence-electron chi connectivity index (χ1n) is 8.36. The molecule has 11 heteroatoms. The number of rotatable bonds is 6. The van der Waals surface area contributed by atoms with Crippen LogP contribution in [0.1, 0.15) is 0 Å². The number of hydrogen-bond donors (Lipinski definition) is 3. The highest BCUT2D eigenvalue weighted by Crippen LogP contribution is 2.29. The van der Waals surface area contributed by atoms with Gasteiger partial charge in [-0.05, 0) is 24.3 Å². The van der Waals surface area contributed by atoms with Crippen LogP contribution in [0.3, 0.4) is 0 Å². The van der Waals surface area contributed by atoms with Gasteiger partial charge in [-0.25, -0.2) is 13.6 Å². The van der Waals surface area contributed by atoms with Gasteiger partial charge in [0.05, 0.1) is 16.2 Å². The summed E-state index contributed by atoms with van der Waals surface area (Å²) in [6.07, 6.45) is 1.79. The van der Waals surface area contributed by atoms with Crippen molar-refractivity contribution >= 4 is 44.3 Å². The number of aromatic nitrogens is 3. The van der Waals surface area contributed by atoms with Crippen LogP contribution < -0.4 is 10.5 Å². The molecule has 148 valence electrons. The number of carbonyl (C=O) groups excluding carboxylic acids is 1. The second-order valence-corrected chi connectivity index (χ2v) is 8.52. The quantitative estimate of drug-likeness (QED) is 0.400. The van der Waals surface area contributed by atoms with Crippen LogP contribution in [0.4, 0.5) is 5.69 Å². The molecule has 0 atom stereocenters. The molecule has 2 aromatic carbocycles. The van der Waals surface area contributed by atoms with Gasteiger partial charge >= 0.3 is 0 Å². The Bertz CT molecular complexity index is 1300. The molecule has 0 spiro atoms. The normalized spacial score (nSPS) is 11.6. The summed E-state index contributed by atoms with van der Waals surface area (Å²) in [4.78, 5) is 15.2. The maximum absolute atomic E-state index is 12.1. The van der Waals surface area contributed by atoms with E-state index in [9.17, 15) is 13.2 Å². The van der Waals surface area contributed by atoms with Gasteiger partial charge in [0.25, 0.3) is 11.1 Å². The summed E-state index contributed by atoms with van der Waals surface area (Å²) in [6, 6.07) is 13.4. The lowest BCUT2D eigenvalue weighted by atomic mass is 10.2. The number of nitrogens with two attached hydrogens (primary N) is 1. The molecule has 2 aromatic heterocycles. The Kier molecular flexibility index (Phi) is 5.09. The number of anilines is 1. The standard InChI is InChI=1S/C18H15N5O4S2/c19-29(25,26)12-5-3-4-11(8-12)21-16(24)10-28-18-23-22-17(27-18)14-9-20-15-7-2-1-6-13(14)15/h1-9,20H,10H2,(H,21,24)(H2,19,25,26).